The highest BCUT2D eigenvalue weighted by atomic mass is 16.5. The third-order valence-electron chi connectivity index (χ3n) is 3.56. The lowest BCUT2D eigenvalue weighted by molar-refractivity contribution is 0.178. The molecule has 0 saturated heterocycles. The van der Waals surface area contributed by atoms with Gasteiger partial charge in [0.1, 0.15) is 18.2 Å². The molecule has 110 valence electrons. The van der Waals surface area contributed by atoms with E-state index in [9.17, 15) is 0 Å². The number of hydrogen-bond donors (Lipinski definition) is 1. The van der Waals surface area contributed by atoms with Crippen molar-refractivity contribution in [3.8, 4) is 0 Å². The van der Waals surface area contributed by atoms with Crippen LogP contribution in [-0.4, -0.2) is 23.6 Å². The standard InChI is InChI=1S/C16H20N4O/c1-3-17-14-8-16(19-15(18-14)11-21-2)20-9-12-6-4-5-7-13(12)10-20/h4-8H,3,9-11H2,1-2H3,(H,17,18,19). The van der Waals surface area contributed by atoms with Gasteiger partial charge in [0, 0.05) is 32.8 Å². The molecule has 1 aliphatic rings. The monoisotopic (exact) mass is 284 g/mol. The van der Waals surface area contributed by atoms with Crippen LogP contribution in [0.4, 0.5) is 11.6 Å². The van der Waals surface area contributed by atoms with Crippen LogP contribution >= 0.6 is 0 Å². The van der Waals surface area contributed by atoms with Crippen molar-refractivity contribution in [1.29, 1.82) is 0 Å². The first kappa shape index (κ1) is 13.8. The number of ether oxygens (including phenoxy) is 1. The van der Waals surface area contributed by atoms with Crippen molar-refractivity contribution in [1.82, 2.24) is 9.97 Å². The second-order valence-electron chi connectivity index (χ2n) is 5.12. The lowest BCUT2D eigenvalue weighted by Crippen LogP contribution is -2.18. The predicted octanol–water partition coefficient (Wildman–Crippen LogP) is 2.58. The molecule has 0 bridgehead atoms. The minimum atomic E-state index is 0.424. The average molecular weight is 284 g/mol. The fraction of sp³-hybridized carbons (Fsp3) is 0.375. The van der Waals surface area contributed by atoms with Crippen LogP contribution in [0.3, 0.4) is 0 Å². The summed E-state index contributed by atoms with van der Waals surface area (Å²) in [7, 11) is 1.66. The predicted molar refractivity (Wildman–Crippen MR) is 83.2 cm³/mol. The maximum atomic E-state index is 5.17. The zero-order valence-corrected chi connectivity index (χ0v) is 12.5. The molecule has 0 amide bonds. The van der Waals surface area contributed by atoms with Gasteiger partial charge >= 0.3 is 0 Å². The molecule has 0 saturated carbocycles. The van der Waals surface area contributed by atoms with E-state index in [4.69, 9.17) is 4.74 Å². The van der Waals surface area contributed by atoms with Gasteiger partial charge in [-0.2, -0.15) is 0 Å². The number of anilines is 2. The molecule has 2 aromatic rings. The summed E-state index contributed by atoms with van der Waals surface area (Å²) in [4.78, 5) is 11.3. The first-order valence-electron chi connectivity index (χ1n) is 7.22. The summed E-state index contributed by atoms with van der Waals surface area (Å²) >= 11 is 0. The first-order chi connectivity index (χ1) is 10.3. The summed E-state index contributed by atoms with van der Waals surface area (Å²) in [5, 5.41) is 3.26. The van der Waals surface area contributed by atoms with Gasteiger partial charge in [0.05, 0.1) is 0 Å². The second kappa shape index (κ2) is 6.10. The van der Waals surface area contributed by atoms with Crippen molar-refractivity contribution in [2.45, 2.75) is 26.6 Å². The molecule has 0 aliphatic carbocycles. The van der Waals surface area contributed by atoms with E-state index >= 15 is 0 Å². The van der Waals surface area contributed by atoms with Gasteiger partial charge in [0.2, 0.25) is 0 Å². The van der Waals surface area contributed by atoms with Crippen LogP contribution in [0.25, 0.3) is 0 Å². The molecule has 1 aromatic carbocycles. The molecular weight excluding hydrogens is 264 g/mol. The molecule has 1 N–H and O–H groups in total. The summed E-state index contributed by atoms with van der Waals surface area (Å²) < 4.78 is 5.17. The van der Waals surface area contributed by atoms with Gasteiger partial charge in [-0.1, -0.05) is 24.3 Å². The Labute approximate surface area is 125 Å². The number of aromatic nitrogens is 2. The Morgan fingerprint density at radius 1 is 1.19 bits per heavy atom. The van der Waals surface area contributed by atoms with Crippen LogP contribution in [0.1, 0.15) is 23.9 Å². The third-order valence-corrected chi connectivity index (χ3v) is 3.56. The fourth-order valence-electron chi connectivity index (χ4n) is 2.61. The Kier molecular flexibility index (Phi) is 4.01. The molecule has 1 aliphatic heterocycles. The molecule has 0 unspecified atom stereocenters. The molecule has 0 spiro atoms. The van der Waals surface area contributed by atoms with Gasteiger partial charge < -0.3 is 15.0 Å². The summed E-state index contributed by atoms with van der Waals surface area (Å²) in [6.45, 7) is 5.11. The minimum Gasteiger partial charge on any atom is -0.377 e. The smallest absolute Gasteiger partial charge is 0.158 e. The van der Waals surface area contributed by atoms with E-state index in [1.165, 1.54) is 11.1 Å². The topological polar surface area (TPSA) is 50.3 Å². The number of nitrogens with one attached hydrogen (secondary N) is 1. The third kappa shape index (κ3) is 2.97. The SMILES string of the molecule is CCNc1cc(N2Cc3ccccc3C2)nc(COC)n1. The molecule has 2 heterocycles. The van der Waals surface area contributed by atoms with Gasteiger partial charge in [-0.3, -0.25) is 0 Å². The van der Waals surface area contributed by atoms with Gasteiger partial charge in [0.25, 0.3) is 0 Å². The number of nitrogens with zero attached hydrogens (tertiary/aromatic N) is 3. The Balaban J connectivity index is 1.88. The van der Waals surface area contributed by atoms with Gasteiger partial charge in [-0.15, -0.1) is 0 Å². The molecule has 5 heteroatoms. The number of hydrogen-bond acceptors (Lipinski definition) is 5. The van der Waals surface area contributed by atoms with Crippen molar-refractivity contribution >= 4 is 11.6 Å². The summed E-state index contributed by atoms with van der Waals surface area (Å²) in [6.07, 6.45) is 0. The summed E-state index contributed by atoms with van der Waals surface area (Å²) in [5.41, 5.74) is 2.74. The summed E-state index contributed by atoms with van der Waals surface area (Å²) in [5.74, 6) is 2.51. The molecule has 3 rings (SSSR count). The second-order valence-corrected chi connectivity index (χ2v) is 5.12. The first-order valence-corrected chi connectivity index (χ1v) is 7.22. The van der Waals surface area contributed by atoms with Crippen LogP contribution in [0, 0.1) is 0 Å². The highest BCUT2D eigenvalue weighted by Crippen LogP contribution is 2.28. The molecule has 0 radical (unpaired) electrons. The maximum Gasteiger partial charge on any atom is 0.158 e. The van der Waals surface area contributed by atoms with Crippen molar-refractivity contribution in [3.05, 3.63) is 47.3 Å². The van der Waals surface area contributed by atoms with E-state index in [0.717, 1.165) is 31.3 Å². The van der Waals surface area contributed by atoms with Crippen LogP contribution < -0.4 is 10.2 Å². The van der Waals surface area contributed by atoms with E-state index in [1.807, 2.05) is 6.07 Å². The Morgan fingerprint density at radius 3 is 2.52 bits per heavy atom. The van der Waals surface area contributed by atoms with Crippen molar-refractivity contribution in [3.63, 3.8) is 0 Å². The minimum absolute atomic E-state index is 0.424. The maximum absolute atomic E-state index is 5.17. The van der Waals surface area contributed by atoms with E-state index in [1.54, 1.807) is 7.11 Å². The molecule has 5 nitrogen and oxygen atoms in total. The fourth-order valence-corrected chi connectivity index (χ4v) is 2.61. The molecule has 1 aromatic heterocycles. The highest BCUT2D eigenvalue weighted by Gasteiger charge is 2.20. The van der Waals surface area contributed by atoms with Gasteiger partial charge in [0.15, 0.2) is 5.82 Å². The van der Waals surface area contributed by atoms with Gasteiger partial charge in [-0.05, 0) is 18.1 Å². The zero-order valence-electron chi connectivity index (χ0n) is 12.5. The number of benzene rings is 1. The zero-order chi connectivity index (χ0) is 14.7. The number of fused-ring (bicyclic) bond motifs is 1. The Morgan fingerprint density at radius 2 is 1.90 bits per heavy atom. The largest absolute Gasteiger partial charge is 0.377 e. The van der Waals surface area contributed by atoms with Crippen LogP contribution in [0.2, 0.25) is 0 Å². The van der Waals surface area contributed by atoms with Crippen LogP contribution in [-0.2, 0) is 24.4 Å². The van der Waals surface area contributed by atoms with Crippen molar-refractivity contribution in [2.24, 2.45) is 0 Å². The Hall–Kier alpha value is -2.14. The van der Waals surface area contributed by atoms with Crippen LogP contribution in [0.5, 0.6) is 0 Å². The quantitative estimate of drug-likeness (QED) is 0.914. The normalized spacial score (nSPS) is 13.3. The van der Waals surface area contributed by atoms with Crippen LogP contribution in [0.15, 0.2) is 30.3 Å². The lowest BCUT2D eigenvalue weighted by Gasteiger charge is -2.18. The van der Waals surface area contributed by atoms with E-state index in [-0.39, 0.29) is 0 Å². The molecule has 21 heavy (non-hydrogen) atoms. The average Bonchev–Trinajstić information content (AvgIpc) is 2.92. The molecular formula is C16H20N4O. The molecule has 0 atom stereocenters. The van der Waals surface area contributed by atoms with Crippen molar-refractivity contribution in [2.75, 3.05) is 23.9 Å². The molecule has 0 fully saturated rings. The van der Waals surface area contributed by atoms with E-state index in [2.05, 4.69) is 51.4 Å². The lowest BCUT2D eigenvalue weighted by atomic mass is 10.1. The van der Waals surface area contributed by atoms with Crippen molar-refractivity contribution < 1.29 is 4.74 Å². The van der Waals surface area contributed by atoms with E-state index in [0.29, 0.717) is 12.4 Å². The number of methoxy groups -OCH3 is 1. The summed E-state index contributed by atoms with van der Waals surface area (Å²) in [6, 6.07) is 10.5. The Bertz CT molecular complexity index is 580. The number of rotatable bonds is 5. The van der Waals surface area contributed by atoms with E-state index < -0.39 is 0 Å². The highest BCUT2D eigenvalue weighted by molar-refractivity contribution is 5.53. The van der Waals surface area contributed by atoms with Gasteiger partial charge in [-0.25, -0.2) is 9.97 Å².